The van der Waals surface area contributed by atoms with Crippen LogP contribution in [0.4, 0.5) is 0 Å². The second kappa shape index (κ2) is 4.11. The van der Waals surface area contributed by atoms with Gasteiger partial charge in [-0.25, -0.2) is 0 Å². The highest BCUT2D eigenvalue weighted by Gasteiger charge is 2.10. The van der Waals surface area contributed by atoms with Crippen LogP contribution in [-0.4, -0.2) is 17.8 Å². The molecule has 0 bridgehead atoms. The van der Waals surface area contributed by atoms with Crippen molar-refractivity contribution in [3.8, 4) is 0 Å². The maximum Gasteiger partial charge on any atom is 0.242 e. The number of primary amides is 1. The molecule has 0 aliphatic carbocycles. The summed E-state index contributed by atoms with van der Waals surface area (Å²) in [7, 11) is 0. The number of amidine groups is 1. The lowest BCUT2D eigenvalue weighted by Crippen LogP contribution is -2.46. The van der Waals surface area contributed by atoms with Crippen molar-refractivity contribution in [2.75, 3.05) is 0 Å². The average molecular weight is 153 g/mol. The first-order chi connectivity index (χ1) is 3.55. The van der Waals surface area contributed by atoms with Crippen LogP contribution in [0.2, 0.25) is 0 Å². The maximum absolute atomic E-state index is 10.0. The van der Waals surface area contributed by atoms with Gasteiger partial charge in [-0.15, -0.1) is 12.4 Å². The second-order valence-electron chi connectivity index (χ2n) is 1.34. The number of rotatable bonds is 2. The average Bonchev–Trinajstić information content (AvgIpc) is 1.64. The van der Waals surface area contributed by atoms with Gasteiger partial charge < -0.3 is 17.2 Å². The topological polar surface area (TPSA) is 119 Å². The predicted octanol–water partition coefficient (Wildman–Crippen LogP) is -1.84. The smallest absolute Gasteiger partial charge is 0.242 e. The van der Waals surface area contributed by atoms with Crippen molar-refractivity contribution in [3.05, 3.63) is 0 Å². The summed E-state index contributed by atoms with van der Waals surface area (Å²) in [4.78, 5) is 10.0. The molecule has 0 aliphatic rings. The van der Waals surface area contributed by atoms with Crippen LogP contribution in [0.25, 0.3) is 0 Å². The molecule has 0 rings (SSSR count). The van der Waals surface area contributed by atoms with Gasteiger partial charge >= 0.3 is 0 Å². The first kappa shape index (κ1) is 11.0. The molecule has 0 heterocycles. The minimum Gasteiger partial charge on any atom is -0.386 e. The van der Waals surface area contributed by atoms with Crippen molar-refractivity contribution in [3.63, 3.8) is 0 Å². The molecule has 1 atom stereocenters. The third-order valence-electron chi connectivity index (χ3n) is 0.642. The molecule has 0 aliphatic heterocycles. The van der Waals surface area contributed by atoms with Gasteiger partial charge in [0.15, 0.2) is 0 Å². The molecule has 0 aromatic carbocycles. The number of hydrogen-bond donors (Lipinski definition) is 4. The Hall–Kier alpha value is -0.810. The van der Waals surface area contributed by atoms with Crippen LogP contribution in [0.3, 0.4) is 0 Å². The lowest BCUT2D eigenvalue weighted by atomic mass is 10.3. The normalized spacial score (nSPS) is 11.2. The molecular formula is C3H9ClN4O. The number of nitrogens with one attached hydrogen (secondary N) is 1. The van der Waals surface area contributed by atoms with E-state index in [4.69, 9.17) is 16.9 Å². The molecule has 0 saturated heterocycles. The molecule has 0 aromatic heterocycles. The van der Waals surface area contributed by atoms with E-state index in [9.17, 15) is 4.79 Å². The highest BCUT2D eigenvalue weighted by Crippen LogP contribution is 1.69. The molecule has 1 unspecified atom stereocenters. The van der Waals surface area contributed by atoms with E-state index in [-0.39, 0.29) is 12.4 Å². The molecule has 0 saturated carbocycles. The summed E-state index contributed by atoms with van der Waals surface area (Å²) < 4.78 is 0. The van der Waals surface area contributed by atoms with Gasteiger partial charge in [0.2, 0.25) is 5.91 Å². The molecule has 1 amide bonds. The van der Waals surface area contributed by atoms with Crippen molar-refractivity contribution >= 4 is 24.1 Å². The summed E-state index contributed by atoms with van der Waals surface area (Å²) in [5.74, 6) is -1.19. The fourth-order valence-corrected chi connectivity index (χ4v) is 0.153. The Kier molecular flexibility index (Phi) is 5.04. The Morgan fingerprint density at radius 3 is 1.78 bits per heavy atom. The fraction of sp³-hybridized carbons (Fsp3) is 0.333. The highest BCUT2D eigenvalue weighted by atomic mass is 35.5. The number of halogens is 1. The van der Waals surface area contributed by atoms with E-state index >= 15 is 0 Å². The lowest BCUT2D eigenvalue weighted by Gasteiger charge is -2.01. The highest BCUT2D eigenvalue weighted by molar-refractivity contribution is 6.03. The lowest BCUT2D eigenvalue weighted by molar-refractivity contribution is -0.117. The largest absolute Gasteiger partial charge is 0.386 e. The molecule has 0 aromatic rings. The standard InChI is InChI=1S/C3H8N4O.ClH/c4-1(2(5)6)3(7)8;/h1H,4H2,(H3,5,6)(H2,7,8);1H. The fourth-order valence-electron chi connectivity index (χ4n) is 0.153. The Morgan fingerprint density at radius 2 is 1.78 bits per heavy atom. The van der Waals surface area contributed by atoms with Crippen LogP contribution in [-0.2, 0) is 4.79 Å². The van der Waals surface area contributed by atoms with E-state index in [0.717, 1.165) is 0 Å². The first-order valence-electron chi connectivity index (χ1n) is 1.94. The van der Waals surface area contributed by atoms with Crippen molar-refractivity contribution in [2.45, 2.75) is 6.04 Å². The Balaban J connectivity index is 0. The van der Waals surface area contributed by atoms with Gasteiger partial charge in [-0.05, 0) is 0 Å². The minimum absolute atomic E-state index is 0. The number of hydrogen-bond acceptors (Lipinski definition) is 3. The van der Waals surface area contributed by atoms with Gasteiger partial charge in [0, 0.05) is 0 Å². The van der Waals surface area contributed by atoms with Crippen LogP contribution in [0, 0.1) is 5.41 Å². The Bertz CT molecular complexity index is 111. The van der Waals surface area contributed by atoms with E-state index in [1.165, 1.54) is 0 Å². The van der Waals surface area contributed by atoms with Gasteiger partial charge in [0.1, 0.15) is 11.9 Å². The summed E-state index contributed by atoms with van der Waals surface area (Å²) in [5.41, 5.74) is 14.4. The summed E-state index contributed by atoms with van der Waals surface area (Å²) in [5, 5.41) is 6.58. The van der Waals surface area contributed by atoms with Gasteiger partial charge in [-0.1, -0.05) is 0 Å². The monoisotopic (exact) mass is 152 g/mol. The summed E-state index contributed by atoms with van der Waals surface area (Å²) in [6.45, 7) is 0. The molecule has 0 radical (unpaired) electrons. The summed E-state index contributed by atoms with van der Waals surface area (Å²) >= 11 is 0. The van der Waals surface area contributed by atoms with Crippen LogP contribution in [0.5, 0.6) is 0 Å². The molecule has 9 heavy (non-hydrogen) atoms. The summed E-state index contributed by atoms with van der Waals surface area (Å²) in [6, 6.07) is -1.13. The Labute approximate surface area is 58.5 Å². The molecule has 6 heteroatoms. The third-order valence-corrected chi connectivity index (χ3v) is 0.642. The van der Waals surface area contributed by atoms with Crippen molar-refractivity contribution < 1.29 is 4.79 Å². The SMILES string of the molecule is Cl.N=C(N)C(N)C(N)=O. The zero-order chi connectivity index (χ0) is 6.73. The van der Waals surface area contributed by atoms with E-state index in [0.29, 0.717) is 0 Å². The van der Waals surface area contributed by atoms with Crippen molar-refractivity contribution in [1.29, 1.82) is 5.41 Å². The zero-order valence-corrected chi connectivity index (χ0v) is 5.44. The summed E-state index contributed by atoms with van der Waals surface area (Å²) in [6.07, 6.45) is 0. The zero-order valence-electron chi connectivity index (χ0n) is 4.63. The van der Waals surface area contributed by atoms with E-state index in [1.807, 2.05) is 0 Å². The van der Waals surface area contributed by atoms with Crippen LogP contribution >= 0.6 is 12.4 Å². The predicted molar refractivity (Wildman–Crippen MR) is 36.3 cm³/mol. The molecule has 0 spiro atoms. The van der Waals surface area contributed by atoms with Crippen LogP contribution in [0.1, 0.15) is 0 Å². The van der Waals surface area contributed by atoms with Crippen molar-refractivity contribution in [1.82, 2.24) is 0 Å². The van der Waals surface area contributed by atoms with Gasteiger partial charge in [-0.2, -0.15) is 0 Å². The van der Waals surface area contributed by atoms with E-state index in [2.05, 4.69) is 5.73 Å². The first-order valence-corrected chi connectivity index (χ1v) is 1.94. The minimum atomic E-state index is -1.13. The number of amides is 1. The molecule has 7 N–H and O–H groups in total. The Morgan fingerprint density at radius 1 is 1.44 bits per heavy atom. The molecule has 5 nitrogen and oxygen atoms in total. The van der Waals surface area contributed by atoms with Gasteiger partial charge in [0.25, 0.3) is 0 Å². The third kappa shape index (κ3) is 3.75. The van der Waals surface area contributed by atoms with Crippen molar-refractivity contribution in [2.24, 2.45) is 17.2 Å². The number of carbonyl (C=O) groups is 1. The van der Waals surface area contributed by atoms with Crippen LogP contribution in [0.15, 0.2) is 0 Å². The number of carbonyl (C=O) groups excluding carboxylic acids is 1. The molecule has 54 valence electrons. The molecule has 0 fully saturated rings. The van der Waals surface area contributed by atoms with E-state index in [1.54, 1.807) is 0 Å². The maximum atomic E-state index is 10.0. The van der Waals surface area contributed by atoms with E-state index < -0.39 is 17.8 Å². The molecular weight excluding hydrogens is 144 g/mol. The quantitative estimate of drug-likeness (QED) is 0.275. The number of nitrogens with two attached hydrogens (primary N) is 3. The van der Waals surface area contributed by atoms with Gasteiger partial charge in [-0.3, -0.25) is 10.2 Å². The van der Waals surface area contributed by atoms with Gasteiger partial charge in [0.05, 0.1) is 0 Å². The second-order valence-corrected chi connectivity index (χ2v) is 1.34. The van der Waals surface area contributed by atoms with Crippen LogP contribution < -0.4 is 17.2 Å².